The summed E-state index contributed by atoms with van der Waals surface area (Å²) in [5.74, 6) is -1.20. The topological polar surface area (TPSA) is 50.2 Å². The molecule has 7 heteroatoms. The van der Waals surface area contributed by atoms with E-state index in [9.17, 15) is 18.7 Å². The molecule has 0 unspecified atom stereocenters. The van der Waals surface area contributed by atoms with Crippen LogP contribution in [0.4, 0.5) is 13.2 Å². The lowest BCUT2D eigenvalue weighted by Gasteiger charge is -2.38. The molecule has 0 saturated heterocycles. The number of benzene rings is 1. The van der Waals surface area contributed by atoms with Crippen molar-refractivity contribution in [2.45, 2.75) is 37.0 Å². The summed E-state index contributed by atoms with van der Waals surface area (Å²) in [5, 5.41) is 10.5. The zero-order valence-electron chi connectivity index (χ0n) is 13.8. The van der Waals surface area contributed by atoms with Crippen LogP contribution >= 0.6 is 11.6 Å². The summed E-state index contributed by atoms with van der Waals surface area (Å²) < 4.78 is 42.0. The van der Waals surface area contributed by atoms with Crippen LogP contribution in [0.2, 0.25) is 5.02 Å². The summed E-state index contributed by atoms with van der Waals surface area (Å²) in [6.07, 6.45) is 0.736. The van der Waals surface area contributed by atoms with Crippen LogP contribution in [0, 0.1) is 5.82 Å². The monoisotopic (exact) mass is 383 g/mol. The Kier molecular flexibility index (Phi) is 5.08. The number of aliphatic hydroxyl groups is 1. The zero-order chi connectivity index (χ0) is 18.9. The molecular weight excluding hydrogens is 367 g/mol. The molecule has 0 aliphatic heterocycles. The van der Waals surface area contributed by atoms with Crippen molar-refractivity contribution >= 4 is 17.4 Å². The first kappa shape index (κ1) is 18.9. The molecule has 1 aliphatic rings. The molecule has 2 atom stereocenters. The van der Waals surface area contributed by atoms with Gasteiger partial charge in [-0.15, -0.1) is 0 Å². The van der Waals surface area contributed by atoms with Crippen LogP contribution < -0.4 is 0 Å². The molecule has 26 heavy (non-hydrogen) atoms. The molecule has 2 aromatic rings. The predicted molar refractivity (Wildman–Crippen MR) is 90.9 cm³/mol. The second kappa shape index (κ2) is 7.00. The van der Waals surface area contributed by atoms with E-state index in [2.05, 4.69) is 4.98 Å². The van der Waals surface area contributed by atoms with Crippen molar-refractivity contribution in [3.63, 3.8) is 0 Å². The van der Waals surface area contributed by atoms with Crippen LogP contribution in [0.3, 0.4) is 0 Å². The van der Waals surface area contributed by atoms with E-state index in [4.69, 9.17) is 11.6 Å². The Hall–Kier alpha value is -1.92. The normalized spacial score (nSPS) is 25.0. The third kappa shape index (κ3) is 3.23. The molecule has 1 heterocycles. The first-order chi connectivity index (χ1) is 12.3. The van der Waals surface area contributed by atoms with E-state index in [-0.39, 0.29) is 42.0 Å². The van der Waals surface area contributed by atoms with Crippen LogP contribution in [0.25, 0.3) is 0 Å². The number of aromatic nitrogens is 1. The molecule has 1 aromatic carbocycles. The van der Waals surface area contributed by atoms with Crippen molar-refractivity contribution in [3.05, 3.63) is 64.2 Å². The number of alkyl halides is 2. The first-order valence-electron chi connectivity index (χ1n) is 8.20. The second-order valence-electron chi connectivity index (χ2n) is 6.52. The largest absolute Gasteiger partial charge is 0.381 e. The Labute approximate surface area is 153 Å². The fraction of sp³-hybridized carbons (Fsp3) is 0.368. The van der Waals surface area contributed by atoms with Crippen LogP contribution in [-0.2, 0) is 22.5 Å². The summed E-state index contributed by atoms with van der Waals surface area (Å²) in [5.41, 5.74) is -3.93. The Bertz CT molecular complexity index is 847. The van der Waals surface area contributed by atoms with Crippen LogP contribution in [0.5, 0.6) is 0 Å². The number of Topliss-reactive ketones (excluding diaryl/α,β-unsaturated/α-hetero) is 1. The maximum atomic E-state index is 15.6. The molecule has 1 aliphatic carbocycles. The average molecular weight is 384 g/mol. The van der Waals surface area contributed by atoms with Gasteiger partial charge in [0.25, 0.3) is 0 Å². The first-order valence-corrected chi connectivity index (χ1v) is 8.58. The Morgan fingerprint density at radius 2 is 2.08 bits per heavy atom. The minimum atomic E-state index is -2.35. The van der Waals surface area contributed by atoms with Crippen molar-refractivity contribution in [2.75, 3.05) is 6.67 Å². The van der Waals surface area contributed by atoms with Gasteiger partial charge in [-0.2, -0.15) is 0 Å². The van der Waals surface area contributed by atoms with Gasteiger partial charge < -0.3 is 5.11 Å². The van der Waals surface area contributed by atoms with Crippen molar-refractivity contribution in [3.8, 4) is 0 Å². The minimum Gasteiger partial charge on any atom is -0.381 e. The predicted octanol–water partition coefficient (Wildman–Crippen LogP) is 4.19. The van der Waals surface area contributed by atoms with Gasteiger partial charge in [0.15, 0.2) is 11.5 Å². The molecule has 0 fully saturated rings. The Balaban J connectivity index is 1.85. The number of carbonyl (C=O) groups is 1. The van der Waals surface area contributed by atoms with E-state index >= 15 is 4.39 Å². The number of nitrogens with zero attached hydrogens (tertiary/aromatic N) is 1. The average Bonchev–Trinajstić information content (AvgIpc) is 2.64. The number of hydrogen-bond donors (Lipinski definition) is 1. The molecule has 0 spiro atoms. The molecule has 0 amide bonds. The third-order valence-corrected chi connectivity index (χ3v) is 5.21. The number of halogens is 4. The van der Waals surface area contributed by atoms with E-state index in [1.54, 1.807) is 0 Å². The Morgan fingerprint density at radius 3 is 2.77 bits per heavy atom. The number of ketones is 1. The molecule has 0 radical (unpaired) electrons. The number of carbonyl (C=O) groups excluding carboxylic acids is 1. The molecule has 0 saturated carbocycles. The smallest absolute Gasteiger partial charge is 0.195 e. The van der Waals surface area contributed by atoms with Gasteiger partial charge in [0.1, 0.15) is 18.1 Å². The van der Waals surface area contributed by atoms with Gasteiger partial charge in [0, 0.05) is 23.2 Å². The maximum absolute atomic E-state index is 15.6. The highest BCUT2D eigenvalue weighted by atomic mass is 35.5. The number of rotatable bonds is 5. The standard InChI is InChI=1S/C19H17ClF3NO2/c20-15-10-13(22)5-3-12(15)4-6-16(25)19(23)8-7-18(26,11-21)17-14(19)2-1-9-24-17/h1-3,5,9-10,26H,4,6-8,11H2/t18-,19+/m1/s1. The number of pyridine rings is 1. The fourth-order valence-corrected chi connectivity index (χ4v) is 3.58. The molecule has 3 nitrogen and oxygen atoms in total. The molecule has 1 N–H and O–H groups in total. The van der Waals surface area contributed by atoms with Gasteiger partial charge in [-0.1, -0.05) is 23.7 Å². The zero-order valence-corrected chi connectivity index (χ0v) is 14.6. The van der Waals surface area contributed by atoms with Gasteiger partial charge in [0.2, 0.25) is 0 Å². The van der Waals surface area contributed by atoms with Crippen molar-refractivity contribution in [1.82, 2.24) is 4.98 Å². The Morgan fingerprint density at radius 1 is 1.31 bits per heavy atom. The van der Waals surface area contributed by atoms with E-state index in [0.29, 0.717) is 5.56 Å². The number of hydrogen-bond acceptors (Lipinski definition) is 3. The SMILES string of the molecule is O=C(CCc1ccc(F)cc1Cl)[C@]1(F)CC[C@@](O)(CF)c2ncccc21. The van der Waals surface area contributed by atoms with E-state index in [0.717, 1.165) is 6.07 Å². The number of aryl methyl sites for hydroxylation is 1. The van der Waals surface area contributed by atoms with E-state index < -0.39 is 29.5 Å². The van der Waals surface area contributed by atoms with E-state index in [1.165, 1.54) is 30.5 Å². The summed E-state index contributed by atoms with van der Waals surface area (Å²) >= 11 is 5.94. The maximum Gasteiger partial charge on any atom is 0.195 e. The lowest BCUT2D eigenvalue weighted by atomic mass is 9.72. The summed E-state index contributed by atoms with van der Waals surface area (Å²) in [7, 11) is 0. The molecule has 1 aromatic heterocycles. The van der Waals surface area contributed by atoms with Crippen LogP contribution in [-0.4, -0.2) is 22.5 Å². The van der Waals surface area contributed by atoms with Gasteiger partial charge in [-0.3, -0.25) is 9.78 Å². The summed E-state index contributed by atoms with van der Waals surface area (Å²) in [6, 6.07) is 6.60. The highest BCUT2D eigenvalue weighted by Gasteiger charge is 2.51. The van der Waals surface area contributed by atoms with Gasteiger partial charge in [0.05, 0.1) is 5.69 Å². The third-order valence-electron chi connectivity index (χ3n) is 4.86. The van der Waals surface area contributed by atoms with E-state index in [1.807, 2.05) is 0 Å². The van der Waals surface area contributed by atoms with Gasteiger partial charge in [-0.05, 0) is 43.0 Å². The fourth-order valence-electron chi connectivity index (χ4n) is 3.32. The van der Waals surface area contributed by atoms with Crippen molar-refractivity contribution < 1.29 is 23.1 Å². The molecule has 3 rings (SSSR count). The second-order valence-corrected chi connectivity index (χ2v) is 6.93. The number of fused-ring (bicyclic) bond motifs is 1. The summed E-state index contributed by atoms with van der Waals surface area (Å²) in [4.78, 5) is 16.6. The molecular formula is C19H17ClF3NO2. The van der Waals surface area contributed by atoms with Crippen LogP contribution in [0.1, 0.15) is 36.1 Å². The van der Waals surface area contributed by atoms with Crippen LogP contribution in [0.15, 0.2) is 36.5 Å². The van der Waals surface area contributed by atoms with Gasteiger partial charge in [-0.25, -0.2) is 13.2 Å². The van der Waals surface area contributed by atoms with Crippen molar-refractivity contribution in [2.24, 2.45) is 0 Å². The lowest BCUT2D eigenvalue weighted by Crippen LogP contribution is -2.44. The highest BCUT2D eigenvalue weighted by Crippen LogP contribution is 2.46. The summed E-state index contributed by atoms with van der Waals surface area (Å²) in [6.45, 7) is -1.10. The molecule has 138 valence electrons. The molecule has 0 bridgehead atoms. The highest BCUT2D eigenvalue weighted by molar-refractivity contribution is 6.31. The van der Waals surface area contributed by atoms with Gasteiger partial charge >= 0.3 is 0 Å². The van der Waals surface area contributed by atoms with Crippen molar-refractivity contribution in [1.29, 1.82) is 0 Å². The lowest BCUT2D eigenvalue weighted by molar-refractivity contribution is -0.135. The quantitative estimate of drug-likeness (QED) is 0.842. The minimum absolute atomic E-state index is 0.0957.